The maximum atomic E-state index is 13.8. The van der Waals surface area contributed by atoms with Crippen LogP contribution in [0.25, 0.3) is 0 Å². The van der Waals surface area contributed by atoms with Gasteiger partial charge >= 0.3 is 5.69 Å². The van der Waals surface area contributed by atoms with Crippen LogP contribution in [0.1, 0.15) is 20.8 Å². The van der Waals surface area contributed by atoms with Crippen molar-refractivity contribution in [3.8, 4) is 5.75 Å². The molecular formula is C20H22FN5O3. The molecule has 0 aliphatic carbocycles. The second kappa shape index (κ2) is 7.86. The van der Waals surface area contributed by atoms with Crippen LogP contribution < -0.4 is 15.0 Å². The largest absolute Gasteiger partial charge is 0.494 e. The third kappa shape index (κ3) is 4.50. The number of methoxy groups -OCH3 is 1. The second-order valence-electron chi connectivity index (χ2n) is 7.54. The van der Waals surface area contributed by atoms with Crippen molar-refractivity contribution in [1.82, 2.24) is 9.97 Å². The topological polar surface area (TPSA) is 93.4 Å². The molecule has 1 N–H and O–H groups in total. The van der Waals surface area contributed by atoms with Gasteiger partial charge in [0.25, 0.3) is 0 Å². The SMILES string of the molecule is COc1cc(F)c([N+](=O)[O-])cc1Nc1nccc(N2C=CC=C(C(C)(C)C)C2)n1. The van der Waals surface area contributed by atoms with E-state index >= 15 is 0 Å². The third-order valence-electron chi connectivity index (χ3n) is 4.51. The Kier molecular flexibility index (Phi) is 5.49. The zero-order valence-electron chi connectivity index (χ0n) is 16.6. The van der Waals surface area contributed by atoms with E-state index in [0.717, 1.165) is 12.1 Å². The fraction of sp³-hybridized carbons (Fsp3) is 0.300. The summed E-state index contributed by atoms with van der Waals surface area (Å²) in [5.74, 6) is -0.00362. The highest BCUT2D eigenvalue weighted by Gasteiger charge is 2.22. The van der Waals surface area contributed by atoms with Gasteiger partial charge in [-0.3, -0.25) is 10.1 Å². The molecule has 1 aliphatic rings. The Labute approximate surface area is 167 Å². The molecule has 8 nitrogen and oxygen atoms in total. The smallest absolute Gasteiger partial charge is 0.307 e. The molecule has 0 amide bonds. The predicted molar refractivity (Wildman–Crippen MR) is 109 cm³/mol. The Bertz CT molecular complexity index is 998. The van der Waals surface area contributed by atoms with E-state index in [0.29, 0.717) is 12.4 Å². The van der Waals surface area contributed by atoms with Crippen molar-refractivity contribution in [2.75, 3.05) is 23.9 Å². The first kappa shape index (κ1) is 20.2. The number of hydrogen-bond acceptors (Lipinski definition) is 7. The second-order valence-corrected chi connectivity index (χ2v) is 7.54. The normalized spacial score (nSPS) is 13.8. The van der Waals surface area contributed by atoms with Gasteiger partial charge in [-0.25, -0.2) is 4.98 Å². The van der Waals surface area contributed by atoms with Crippen molar-refractivity contribution in [3.05, 3.63) is 64.3 Å². The quantitative estimate of drug-likeness (QED) is 0.581. The van der Waals surface area contributed by atoms with E-state index in [1.807, 2.05) is 17.2 Å². The van der Waals surface area contributed by atoms with Crippen molar-refractivity contribution in [2.45, 2.75) is 20.8 Å². The van der Waals surface area contributed by atoms with Crippen LogP contribution >= 0.6 is 0 Å². The minimum atomic E-state index is -0.980. The van der Waals surface area contributed by atoms with E-state index in [1.54, 1.807) is 12.3 Å². The number of nitrogens with one attached hydrogen (secondary N) is 1. The standard InChI is InChI=1S/C20H22FN5O3/c1-20(2,3)13-6-5-9-25(12-13)18-7-8-22-19(24-18)23-15-11-16(26(27)28)14(21)10-17(15)29-4/h5-11H,12H2,1-4H3,(H,22,23,24). The van der Waals surface area contributed by atoms with Crippen molar-refractivity contribution in [3.63, 3.8) is 0 Å². The molecule has 152 valence electrons. The summed E-state index contributed by atoms with van der Waals surface area (Å²) in [6.07, 6.45) is 7.56. The molecule has 2 aromatic rings. The van der Waals surface area contributed by atoms with E-state index < -0.39 is 16.4 Å². The van der Waals surface area contributed by atoms with Gasteiger partial charge in [0.05, 0.1) is 17.7 Å². The summed E-state index contributed by atoms with van der Waals surface area (Å²) in [4.78, 5) is 20.9. The fourth-order valence-electron chi connectivity index (χ4n) is 2.84. The number of anilines is 3. The molecule has 1 aromatic heterocycles. The van der Waals surface area contributed by atoms with Crippen molar-refractivity contribution in [1.29, 1.82) is 0 Å². The number of allylic oxidation sites excluding steroid dienone is 2. The van der Waals surface area contributed by atoms with Gasteiger partial charge in [-0.2, -0.15) is 9.37 Å². The zero-order valence-corrected chi connectivity index (χ0v) is 16.6. The molecule has 1 aromatic carbocycles. The average Bonchev–Trinajstić information content (AvgIpc) is 2.68. The van der Waals surface area contributed by atoms with Gasteiger partial charge in [0, 0.05) is 31.1 Å². The Hall–Kier alpha value is -3.49. The average molecular weight is 399 g/mol. The van der Waals surface area contributed by atoms with Gasteiger partial charge in [-0.1, -0.05) is 26.8 Å². The first-order valence-corrected chi connectivity index (χ1v) is 8.95. The lowest BCUT2D eigenvalue weighted by Gasteiger charge is -2.31. The van der Waals surface area contributed by atoms with Crippen LogP contribution in [-0.4, -0.2) is 28.5 Å². The van der Waals surface area contributed by atoms with Crippen molar-refractivity contribution < 1.29 is 14.1 Å². The molecule has 0 unspecified atom stereocenters. The molecule has 0 fully saturated rings. The van der Waals surface area contributed by atoms with E-state index in [-0.39, 0.29) is 22.8 Å². The number of aromatic nitrogens is 2. The lowest BCUT2D eigenvalue weighted by molar-refractivity contribution is -0.387. The Morgan fingerprint density at radius 3 is 2.76 bits per heavy atom. The highest BCUT2D eigenvalue weighted by Crippen LogP contribution is 2.34. The van der Waals surface area contributed by atoms with Crippen LogP contribution in [0.3, 0.4) is 0 Å². The summed E-state index contributed by atoms with van der Waals surface area (Å²) >= 11 is 0. The molecule has 3 rings (SSSR count). The Balaban J connectivity index is 1.88. The Morgan fingerprint density at radius 2 is 2.10 bits per heavy atom. The first-order valence-electron chi connectivity index (χ1n) is 8.95. The summed E-state index contributed by atoms with van der Waals surface area (Å²) in [7, 11) is 1.35. The van der Waals surface area contributed by atoms with Crippen LogP contribution in [0.4, 0.5) is 27.5 Å². The summed E-state index contributed by atoms with van der Waals surface area (Å²) < 4.78 is 19.0. The Morgan fingerprint density at radius 1 is 1.34 bits per heavy atom. The number of hydrogen-bond donors (Lipinski definition) is 1. The van der Waals surface area contributed by atoms with Gasteiger partial charge in [-0.15, -0.1) is 0 Å². The number of rotatable bonds is 5. The van der Waals surface area contributed by atoms with Crippen LogP contribution in [0, 0.1) is 21.3 Å². The van der Waals surface area contributed by atoms with Crippen LogP contribution in [0.15, 0.2) is 48.3 Å². The number of halogens is 1. The van der Waals surface area contributed by atoms with Gasteiger partial charge in [-0.05, 0) is 23.1 Å². The molecule has 9 heteroatoms. The number of ether oxygens (including phenoxy) is 1. The highest BCUT2D eigenvalue weighted by molar-refractivity contribution is 5.67. The molecule has 0 spiro atoms. The molecule has 0 saturated carbocycles. The van der Waals surface area contributed by atoms with Gasteiger partial charge in [0.15, 0.2) is 0 Å². The van der Waals surface area contributed by atoms with E-state index in [2.05, 4.69) is 42.1 Å². The molecule has 0 bridgehead atoms. The molecule has 29 heavy (non-hydrogen) atoms. The summed E-state index contributed by atoms with van der Waals surface area (Å²) in [5.41, 5.74) is 0.812. The number of nitro groups is 1. The van der Waals surface area contributed by atoms with Gasteiger partial charge < -0.3 is 15.0 Å². The molecule has 2 heterocycles. The molecule has 0 saturated heterocycles. The maximum absolute atomic E-state index is 13.8. The van der Waals surface area contributed by atoms with Crippen LogP contribution in [0.5, 0.6) is 5.75 Å². The lowest BCUT2D eigenvalue weighted by Crippen LogP contribution is -2.28. The van der Waals surface area contributed by atoms with E-state index in [1.165, 1.54) is 12.7 Å². The fourth-order valence-corrected chi connectivity index (χ4v) is 2.84. The van der Waals surface area contributed by atoms with Crippen LogP contribution in [-0.2, 0) is 0 Å². The minimum Gasteiger partial charge on any atom is -0.494 e. The van der Waals surface area contributed by atoms with E-state index in [9.17, 15) is 14.5 Å². The summed E-state index contributed by atoms with van der Waals surface area (Å²) in [6, 6.07) is 3.79. The first-order chi connectivity index (χ1) is 13.7. The predicted octanol–water partition coefficient (Wildman–Crippen LogP) is 4.58. The monoisotopic (exact) mass is 399 g/mol. The molecular weight excluding hydrogens is 377 g/mol. The lowest BCUT2D eigenvalue weighted by atomic mass is 9.85. The maximum Gasteiger partial charge on any atom is 0.307 e. The third-order valence-corrected chi connectivity index (χ3v) is 4.51. The summed E-state index contributed by atoms with van der Waals surface area (Å²) in [5, 5.41) is 13.9. The van der Waals surface area contributed by atoms with E-state index in [4.69, 9.17) is 4.74 Å². The zero-order chi connectivity index (χ0) is 21.2. The molecule has 0 atom stereocenters. The number of nitrogens with zero attached hydrogens (tertiary/aromatic N) is 4. The minimum absolute atomic E-state index is 0.0253. The highest BCUT2D eigenvalue weighted by atomic mass is 19.1. The summed E-state index contributed by atoms with van der Waals surface area (Å²) in [6.45, 7) is 7.13. The van der Waals surface area contributed by atoms with Gasteiger partial charge in [0.1, 0.15) is 11.6 Å². The molecule has 0 radical (unpaired) electrons. The van der Waals surface area contributed by atoms with Crippen LogP contribution in [0.2, 0.25) is 0 Å². The molecule has 1 aliphatic heterocycles. The van der Waals surface area contributed by atoms with Gasteiger partial charge in [0.2, 0.25) is 11.8 Å². The number of benzene rings is 1. The van der Waals surface area contributed by atoms with Crippen molar-refractivity contribution in [2.24, 2.45) is 5.41 Å². The van der Waals surface area contributed by atoms with Crippen molar-refractivity contribution >= 4 is 23.1 Å². The number of nitro benzene ring substituents is 1.